The molecule has 1 rings (SSSR count). The predicted octanol–water partition coefficient (Wildman–Crippen LogP) is -2.28. The number of rotatable bonds is 14. The minimum absolute atomic E-state index is 0.130. The summed E-state index contributed by atoms with van der Waals surface area (Å²) in [5.74, 6) is -5.39. The van der Waals surface area contributed by atoms with Crippen LogP contribution < -0.4 is 21.7 Å². The van der Waals surface area contributed by atoms with Crippen LogP contribution in [-0.4, -0.2) is 85.2 Å². The zero-order chi connectivity index (χ0) is 26.0. The number of aliphatic carboxylic acids is 2. The lowest BCUT2D eigenvalue weighted by Gasteiger charge is -2.26. The maximum absolute atomic E-state index is 12.9. The molecule has 1 heterocycles. The van der Waals surface area contributed by atoms with E-state index in [0.29, 0.717) is 5.69 Å². The SMILES string of the molecule is CC(C)C(N)C(=O)NC(CCC(=O)O)C(=O)NC(Cc1cnc[nH]1)C(=O)NC(C(=O)O)C(C)O. The van der Waals surface area contributed by atoms with Gasteiger partial charge < -0.3 is 42.0 Å². The van der Waals surface area contributed by atoms with Gasteiger partial charge in [-0.3, -0.25) is 19.2 Å². The molecule has 5 atom stereocenters. The quantitative estimate of drug-likeness (QED) is 0.141. The molecule has 1 aromatic rings. The minimum atomic E-state index is -1.64. The number of hydrogen-bond acceptors (Lipinski definition) is 8. The van der Waals surface area contributed by atoms with Crippen molar-refractivity contribution in [2.24, 2.45) is 11.7 Å². The molecule has 0 saturated heterocycles. The van der Waals surface area contributed by atoms with Crippen molar-refractivity contribution in [3.63, 3.8) is 0 Å². The number of carbonyl (C=O) groups excluding carboxylic acids is 3. The first-order valence-corrected chi connectivity index (χ1v) is 10.6. The molecule has 3 amide bonds. The molecule has 5 unspecified atom stereocenters. The highest BCUT2D eigenvalue weighted by molar-refractivity contribution is 5.94. The molecule has 9 N–H and O–H groups in total. The Hall–Kier alpha value is -3.52. The van der Waals surface area contributed by atoms with Crippen LogP contribution in [0.4, 0.5) is 0 Å². The van der Waals surface area contributed by atoms with Gasteiger partial charge in [0.1, 0.15) is 12.1 Å². The third-order valence-corrected chi connectivity index (χ3v) is 4.96. The summed E-state index contributed by atoms with van der Waals surface area (Å²) in [6, 6.07) is -5.25. The number of hydrogen-bond donors (Lipinski definition) is 8. The fourth-order valence-electron chi connectivity index (χ4n) is 2.85. The van der Waals surface area contributed by atoms with Crippen molar-refractivity contribution < 1.29 is 39.3 Å². The molecule has 14 nitrogen and oxygen atoms in total. The number of aromatic nitrogens is 2. The maximum Gasteiger partial charge on any atom is 0.328 e. The van der Waals surface area contributed by atoms with E-state index in [0.717, 1.165) is 0 Å². The molecule has 1 aromatic heterocycles. The van der Waals surface area contributed by atoms with E-state index in [1.54, 1.807) is 13.8 Å². The lowest BCUT2D eigenvalue weighted by Crippen LogP contribution is -2.59. The van der Waals surface area contributed by atoms with Gasteiger partial charge in [0.05, 0.1) is 18.5 Å². The first-order valence-electron chi connectivity index (χ1n) is 10.6. The van der Waals surface area contributed by atoms with Crippen LogP contribution in [0.25, 0.3) is 0 Å². The first kappa shape index (κ1) is 28.5. The number of nitrogens with zero attached hydrogens (tertiary/aromatic N) is 1. The average molecular weight is 485 g/mol. The van der Waals surface area contributed by atoms with Gasteiger partial charge in [-0.1, -0.05) is 13.8 Å². The van der Waals surface area contributed by atoms with E-state index >= 15 is 0 Å². The molecular formula is C20H32N6O8. The highest BCUT2D eigenvalue weighted by atomic mass is 16.4. The van der Waals surface area contributed by atoms with Crippen LogP contribution in [0.1, 0.15) is 39.3 Å². The zero-order valence-electron chi connectivity index (χ0n) is 19.1. The number of nitrogens with one attached hydrogen (secondary N) is 4. The molecule has 0 aliphatic heterocycles. The zero-order valence-corrected chi connectivity index (χ0v) is 19.1. The van der Waals surface area contributed by atoms with Crippen molar-refractivity contribution in [3.05, 3.63) is 18.2 Å². The van der Waals surface area contributed by atoms with Crippen molar-refractivity contribution in [3.8, 4) is 0 Å². The highest BCUT2D eigenvalue weighted by Gasteiger charge is 2.32. The smallest absolute Gasteiger partial charge is 0.328 e. The number of H-pyrrole nitrogens is 1. The molecule has 34 heavy (non-hydrogen) atoms. The monoisotopic (exact) mass is 484 g/mol. The Kier molecular flexibility index (Phi) is 11.1. The molecule has 190 valence electrons. The molecule has 0 bridgehead atoms. The van der Waals surface area contributed by atoms with Crippen LogP contribution in [-0.2, 0) is 30.4 Å². The van der Waals surface area contributed by atoms with Crippen molar-refractivity contribution in [2.75, 3.05) is 0 Å². The highest BCUT2D eigenvalue weighted by Crippen LogP contribution is 2.06. The summed E-state index contributed by atoms with van der Waals surface area (Å²) in [7, 11) is 0. The second kappa shape index (κ2) is 13.3. The van der Waals surface area contributed by atoms with Crippen molar-refractivity contribution >= 4 is 29.7 Å². The molecule has 0 saturated carbocycles. The summed E-state index contributed by atoms with van der Waals surface area (Å²) in [5, 5.41) is 34.8. The van der Waals surface area contributed by atoms with Gasteiger partial charge in [0.2, 0.25) is 17.7 Å². The Morgan fingerprint density at radius 3 is 2.06 bits per heavy atom. The summed E-state index contributed by atoms with van der Waals surface area (Å²) in [6.45, 7) is 4.57. The third kappa shape index (κ3) is 9.15. The lowest BCUT2D eigenvalue weighted by molar-refractivity contribution is -0.145. The predicted molar refractivity (Wildman–Crippen MR) is 117 cm³/mol. The summed E-state index contributed by atoms with van der Waals surface area (Å²) in [5.41, 5.74) is 6.23. The molecule has 0 aliphatic carbocycles. The molecular weight excluding hydrogens is 452 g/mol. The van der Waals surface area contributed by atoms with Crippen LogP contribution in [0.15, 0.2) is 12.5 Å². The fraction of sp³-hybridized carbons (Fsp3) is 0.600. The Labute approximate surface area is 195 Å². The van der Waals surface area contributed by atoms with E-state index in [9.17, 15) is 34.2 Å². The fourth-order valence-corrected chi connectivity index (χ4v) is 2.85. The van der Waals surface area contributed by atoms with Crippen LogP contribution >= 0.6 is 0 Å². The average Bonchev–Trinajstić information content (AvgIpc) is 3.25. The number of carboxylic acids is 2. The number of aromatic amines is 1. The van der Waals surface area contributed by atoms with Crippen molar-refractivity contribution in [1.82, 2.24) is 25.9 Å². The van der Waals surface area contributed by atoms with Crippen LogP contribution in [0.2, 0.25) is 0 Å². The topological polar surface area (TPSA) is 237 Å². The summed E-state index contributed by atoms with van der Waals surface area (Å²) >= 11 is 0. The number of imidazole rings is 1. The second-order valence-corrected chi connectivity index (χ2v) is 8.17. The standard InChI is InChI=1S/C20H32N6O8/c1-9(2)15(21)19(32)24-12(4-5-14(28)29)17(30)25-13(6-11-7-22-8-23-11)18(31)26-16(10(3)27)20(33)34/h7-10,12-13,15-16,27H,4-6,21H2,1-3H3,(H,22,23)(H,24,32)(H,25,30)(H,26,31)(H,28,29)(H,33,34). The summed E-state index contributed by atoms with van der Waals surface area (Å²) in [6.07, 6.45) is 0.448. The first-order chi connectivity index (χ1) is 15.8. The van der Waals surface area contributed by atoms with Gasteiger partial charge in [0, 0.05) is 24.7 Å². The molecule has 0 radical (unpaired) electrons. The molecule has 0 aliphatic rings. The van der Waals surface area contributed by atoms with Gasteiger partial charge in [-0.05, 0) is 19.3 Å². The van der Waals surface area contributed by atoms with Crippen LogP contribution in [0.5, 0.6) is 0 Å². The van der Waals surface area contributed by atoms with Gasteiger partial charge in [-0.2, -0.15) is 0 Å². The number of carboxylic acid groups (broad SMARTS) is 2. The number of carbonyl (C=O) groups is 5. The van der Waals surface area contributed by atoms with E-state index in [1.807, 2.05) is 0 Å². The number of aliphatic hydroxyl groups is 1. The molecule has 0 fully saturated rings. The normalized spacial score (nSPS) is 15.5. The second-order valence-electron chi connectivity index (χ2n) is 8.17. The maximum atomic E-state index is 12.9. The van der Waals surface area contributed by atoms with E-state index < -0.39 is 66.4 Å². The number of aliphatic hydroxyl groups excluding tert-OH is 1. The summed E-state index contributed by atoms with van der Waals surface area (Å²) < 4.78 is 0. The minimum Gasteiger partial charge on any atom is -0.481 e. The van der Waals surface area contributed by atoms with Gasteiger partial charge in [0.25, 0.3) is 0 Å². The largest absolute Gasteiger partial charge is 0.481 e. The molecule has 0 aromatic carbocycles. The Morgan fingerprint density at radius 1 is 1.00 bits per heavy atom. The van der Waals surface area contributed by atoms with Crippen molar-refractivity contribution in [2.45, 2.75) is 70.3 Å². The van der Waals surface area contributed by atoms with Crippen LogP contribution in [0, 0.1) is 5.92 Å². The van der Waals surface area contributed by atoms with Crippen molar-refractivity contribution in [1.29, 1.82) is 0 Å². The lowest BCUT2D eigenvalue weighted by atomic mass is 10.0. The van der Waals surface area contributed by atoms with Crippen LogP contribution in [0.3, 0.4) is 0 Å². The van der Waals surface area contributed by atoms with E-state index in [1.165, 1.54) is 19.4 Å². The summed E-state index contributed by atoms with van der Waals surface area (Å²) in [4.78, 5) is 67.0. The number of nitrogens with two attached hydrogens (primary N) is 1. The Balaban J connectivity index is 3.10. The molecule has 0 spiro atoms. The third-order valence-electron chi connectivity index (χ3n) is 4.96. The number of amides is 3. The van der Waals surface area contributed by atoms with E-state index in [-0.39, 0.29) is 18.8 Å². The van der Waals surface area contributed by atoms with Gasteiger partial charge in [-0.25, -0.2) is 9.78 Å². The Morgan fingerprint density at radius 2 is 1.59 bits per heavy atom. The molecule has 14 heteroatoms. The van der Waals surface area contributed by atoms with Gasteiger partial charge in [0.15, 0.2) is 6.04 Å². The van der Waals surface area contributed by atoms with E-state index in [4.69, 9.17) is 10.8 Å². The van der Waals surface area contributed by atoms with Gasteiger partial charge >= 0.3 is 11.9 Å². The van der Waals surface area contributed by atoms with Gasteiger partial charge in [-0.15, -0.1) is 0 Å². The van der Waals surface area contributed by atoms with E-state index in [2.05, 4.69) is 25.9 Å². The Bertz CT molecular complexity index is 857.